The maximum atomic E-state index is 5.93. The third-order valence-electron chi connectivity index (χ3n) is 2.79. The molecule has 1 saturated carbocycles. The minimum absolute atomic E-state index is 0.443. The first kappa shape index (κ1) is 12.2. The van der Waals surface area contributed by atoms with Crippen LogP contribution in [0.15, 0.2) is 22.7 Å². The van der Waals surface area contributed by atoms with Crippen LogP contribution in [-0.4, -0.2) is 18.8 Å². The van der Waals surface area contributed by atoms with E-state index in [1.807, 2.05) is 25.1 Å². The molecule has 4 heteroatoms. The van der Waals surface area contributed by atoms with Crippen molar-refractivity contribution >= 4 is 33.2 Å². The Kier molecular flexibility index (Phi) is 4.11. The monoisotopic (exact) mass is 303 g/mol. The van der Waals surface area contributed by atoms with Crippen molar-refractivity contribution in [2.75, 3.05) is 11.9 Å². The summed E-state index contributed by atoms with van der Waals surface area (Å²) in [5.74, 6) is 0. The Morgan fingerprint density at radius 1 is 1.50 bits per heavy atom. The first-order valence-electron chi connectivity index (χ1n) is 5.52. The number of hydrogen-bond acceptors (Lipinski definition) is 2. The van der Waals surface area contributed by atoms with Crippen molar-refractivity contribution in [1.82, 2.24) is 0 Å². The fraction of sp³-hybridized carbons (Fsp3) is 0.500. The molecule has 0 saturated heterocycles. The number of benzene rings is 1. The van der Waals surface area contributed by atoms with Gasteiger partial charge in [-0.05, 0) is 53.9 Å². The Morgan fingerprint density at radius 3 is 2.88 bits per heavy atom. The maximum Gasteiger partial charge on any atom is 0.0614 e. The zero-order valence-electron chi connectivity index (χ0n) is 9.17. The zero-order chi connectivity index (χ0) is 11.5. The molecule has 0 amide bonds. The van der Waals surface area contributed by atoms with Crippen LogP contribution < -0.4 is 5.32 Å². The van der Waals surface area contributed by atoms with Gasteiger partial charge in [-0.2, -0.15) is 0 Å². The Bertz CT molecular complexity index is 366. The van der Waals surface area contributed by atoms with E-state index in [0.717, 1.165) is 34.6 Å². The standard InChI is InChI=1S/C12H15BrClNO/c1-2-16-10-5-9(6-10)15-8-3-4-12(14)11(13)7-8/h3-4,7,9-10,15H,2,5-6H2,1H3. The highest BCUT2D eigenvalue weighted by Gasteiger charge is 2.29. The normalized spacial score (nSPS) is 23.9. The van der Waals surface area contributed by atoms with Crippen LogP contribution in [0.2, 0.25) is 5.02 Å². The van der Waals surface area contributed by atoms with E-state index in [9.17, 15) is 0 Å². The summed E-state index contributed by atoms with van der Waals surface area (Å²) in [5.41, 5.74) is 1.11. The molecule has 0 aliphatic heterocycles. The molecule has 0 aromatic heterocycles. The summed E-state index contributed by atoms with van der Waals surface area (Å²) in [6.07, 6.45) is 2.63. The lowest BCUT2D eigenvalue weighted by molar-refractivity contribution is 0.00299. The molecule has 0 spiro atoms. The predicted octanol–water partition coefficient (Wildman–Crippen LogP) is 4.08. The third-order valence-corrected chi connectivity index (χ3v) is 4.00. The van der Waals surface area contributed by atoms with E-state index in [4.69, 9.17) is 16.3 Å². The fourth-order valence-electron chi connectivity index (χ4n) is 1.88. The first-order valence-corrected chi connectivity index (χ1v) is 6.69. The summed E-state index contributed by atoms with van der Waals surface area (Å²) in [6.45, 7) is 2.85. The van der Waals surface area contributed by atoms with Gasteiger partial charge in [-0.25, -0.2) is 0 Å². The largest absolute Gasteiger partial charge is 0.382 e. The van der Waals surface area contributed by atoms with Crippen LogP contribution in [0.3, 0.4) is 0 Å². The van der Waals surface area contributed by atoms with Crippen molar-refractivity contribution in [3.05, 3.63) is 27.7 Å². The smallest absolute Gasteiger partial charge is 0.0614 e. The van der Waals surface area contributed by atoms with Crippen LogP contribution in [0.25, 0.3) is 0 Å². The van der Waals surface area contributed by atoms with Crippen molar-refractivity contribution in [2.45, 2.75) is 31.9 Å². The highest BCUT2D eigenvalue weighted by atomic mass is 79.9. The second-order valence-corrected chi connectivity index (χ2v) is 5.28. The van der Waals surface area contributed by atoms with E-state index in [1.54, 1.807) is 0 Å². The lowest BCUT2D eigenvalue weighted by Gasteiger charge is -2.36. The molecule has 1 fully saturated rings. The van der Waals surface area contributed by atoms with Crippen molar-refractivity contribution in [1.29, 1.82) is 0 Å². The second kappa shape index (κ2) is 5.39. The van der Waals surface area contributed by atoms with Crippen LogP contribution in [0.4, 0.5) is 5.69 Å². The van der Waals surface area contributed by atoms with Gasteiger partial charge >= 0.3 is 0 Å². The van der Waals surface area contributed by atoms with Gasteiger partial charge in [0.25, 0.3) is 0 Å². The van der Waals surface area contributed by atoms with Crippen LogP contribution in [-0.2, 0) is 4.74 Å². The zero-order valence-corrected chi connectivity index (χ0v) is 11.5. The molecular formula is C12H15BrClNO. The lowest BCUT2D eigenvalue weighted by atomic mass is 9.89. The molecule has 0 unspecified atom stereocenters. The summed E-state index contributed by atoms with van der Waals surface area (Å²) in [6, 6.07) is 6.44. The number of nitrogens with one attached hydrogen (secondary N) is 1. The molecule has 2 nitrogen and oxygen atoms in total. The Balaban J connectivity index is 1.84. The lowest BCUT2D eigenvalue weighted by Crippen LogP contribution is -2.40. The van der Waals surface area contributed by atoms with Gasteiger partial charge in [0.2, 0.25) is 0 Å². The van der Waals surface area contributed by atoms with Crippen LogP contribution in [0.5, 0.6) is 0 Å². The molecular weight excluding hydrogens is 289 g/mol. The molecule has 1 aromatic rings. The Hall–Kier alpha value is -0.250. The van der Waals surface area contributed by atoms with E-state index >= 15 is 0 Å². The number of hydrogen-bond donors (Lipinski definition) is 1. The Labute approximate surface area is 109 Å². The number of ether oxygens (including phenoxy) is 1. The molecule has 0 radical (unpaired) electrons. The summed E-state index contributed by atoms with van der Waals surface area (Å²) in [7, 11) is 0. The molecule has 1 N–H and O–H groups in total. The van der Waals surface area contributed by atoms with Crippen molar-refractivity contribution in [3.63, 3.8) is 0 Å². The topological polar surface area (TPSA) is 21.3 Å². The van der Waals surface area contributed by atoms with Crippen molar-refractivity contribution < 1.29 is 4.74 Å². The number of anilines is 1. The Morgan fingerprint density at radius 2 is 2.25 bits per heavy atom. The summed E-state index contributed by atoms with van der Waals surface area (Å²) >= 11 is 9.35. The van der Waals surface area contributed by atoms with Crippen molar-refractivity contribution in [3.8, 4) is 0 Å². The van der Waals surface area contributed by atoms with E-state index < -0.39 is 0 Å². The fourth-order valence-corrected chi connectivity index (χ4v) is 2.37. The van der Waals surface area contributed by atoms with Gasteiger partial charge in [-0.3, -0.25) is 0 Å². The summed E-state index contributed by atoms with van der Waals surface area (Å²) in [4.78, 5) is 0. The minimum Gasteiger partial charge on any atom is -0.382 e. The molecule has 1 aromatic carbocycles. The van der Waals surface area contributed by atoms with E-state index in [0.29, 0.717) is 12.1 Å². The van der Waals surface area contributed by atoms with Crippen LogP contribution >= 0.6 is 27.5 Å². The maximum absolute atomic E-state index is 5.93. The second-order valence-electron chi connectivity index (χ2n) is 4.02. The molecule has 1 aliphatic rings. The molecule has 2 rings (SSSR count). The molecule has 1 aliphatic carbocycles. The molecule has 0 heterocycles. The van der Waals surface area contributed by atoms with Gasteiger partial charge < -0.3 is 10.1 Å². The van der Waals surface area contributed by atoms with Gasteiger partial charge in [0, 0.05) is 22.8 Å². The quantitative estimate of drug-likeness (QED) is 0.905. The van der Waals surface area contributed by atoms with Gasteiger partial charge in [-0.1, -0.05) is 11.6 Å². The first-order chi connectivity index (χ1) is 7.69. The van der Waals surface area contributed by atoms with E-state index in [2.05, 4.69) is 21.2 Å². The summed E-state index contributed by atoms with van der Waals surface area (Å²) in [5, 5.41) is 4.21. The van der Waals surface area contributed by atoms with Crippen LogP contribution in [0.1, 0.15) is 19.8 Å². The van der Waals surface area contributed by atoms with Gasteiger partial charge in [0.1, 0.15) is 0 Å². The highest BCUT2D eigenvalue weighted by molar-refractivity contribution is 9.10. The average molecular weight is 305 g/mol. The van der Waals surface area contributed by atoms with E-state index in [-0.39, 0.29) is 0 Å². The number of rotatable bonds is 4. The molecule has 0 atom stereocenters. The SMILES string of the molecule is CCOC1CC(Nc2ccc(Cl)c(Br)c2)C1. The van der Waals surface area contributed by atoms with Crippen LogP contribution in [0, 0.1) is 0 Å². The third kappa shape index (κ3) is 2.90. The van der Waals surface area contributed by atoms with Crippen molar-refractivity contribution in [2.24, 2.45) is 0 Å². The molecule has 16 heavy (non-hydrogen) atoms. The van der Waals surface area contributed by atoms with E-state index in [1.165, 1.54) is 0 Å². The van der Waals surface area contributed by atoms with Gasteiger partial charge in [0.05, 0.1) is 11.1 Å². The predicted molar refractivity (Wildman–Crippen MR) is 71.2 cm³/mol. The summed E-state index contributed by atoms with van der Waals surface area (Å²) < 4.78 is 6.45. The highest BCUT2D eigenvalue weighted by Crippen LogP contribution is 2.30. The van der Waals surface area contributed by atoms with Gasteiger partial charge in [0.15, 0.2) is 0 Å². The minimum atomic E-state index is 0.443. The molecule has 0 bridgehead atoms. The van der Waals surface area contributed by atoms with Gasteiger partial charge in [-0.15, -0.1) is 0 Å². The molecule has 88 valence electrons. The average Bonchev–Trinajstić information content (AvgIpc) is 2.20. The number of halogens is 2.